The monoisotopic (exact) mass is 538 g/mol. The molecule has 0 aliphatic heterocycles. The Morgan fingerprint density at radius 2 is 1.95 bits per heavy atom. The lowest BCUT2D eigenvalue weighted by atomic mass is 10.3. The van der Waals surface area contributed by atoms with Gasteiger partial charge < -0.3 is 20.3 Å². The number of rotatable bonds is 11. The van der Waals surface area contributed by atoms with Gasteiger partial charge in [0.25, 0.3) is 0 Å². The molecule has 3 N–H and O–H groups in total. The molecule has 0 saturated carbocycles. The fourth-order valence-electron chi connectivity index (χ4n) is 3.31. The van der Waals surface area contributed by atoms with Crippen LogP contribution in [0.2, 0.25) is 0 Å². The Balaban J connectivity index is 1.63. The van der Waals surface area contributed by atoms with Gasteiger partial charge in [0.05, 0.1) is 11.2 Å². The first-order chi connectivity index (χ1) is 17.7. The Hall–Kier alpha value is -3.84. The number of para-hydroxylation sites is 1. The zero-order chi connectivity index (χ0) is 26.4. The van der Waals surface area contributed by atoms with Crippen molar-refractivity contribution in [1.29, 1.82) is 0 Å². The summed E-state index contributed by atoms with van der Waals surface area (Å²) in [5.41, 5.74) is 1.51. The van der Waals surface area contributed by atoms with E-state index < -0.39 is 10.0 Å². The third-order valence-corrected chi connectivity index (χ3v) is 7.46. The minimum atomic E-state index is -3.78. The number of aromatic nitrogens is 2. The van der Waals surface area contributed by atoms with Crippen molar-refractivity contribution in [1.82, 2.24) is 19.6 Å². The molecule has 0 atom stereocenters. The SMILES string of the molecule is C=CC(=O)Nc1cccc(Oc2nc(Nc3ccccc3S(=O)(=O)NCCN(C)C)nc3ccsc23)c1. The van der Waals surface area contributed by atoms with E-state index in [1.165, 1.54) is 23.5 Å². The van der Waals surface area contributed by atoms with Gasteiger partial charge in [-0.2, -0.15) is 4.98 Å². The van der Waals surface area contributed by atoms with Crippen LogP contribution in [0.4, 0.5) is 17.3 Å². The van der Waals surface area contributed by atoms with Crippen molar-refractivity contribution in [3.05, 3.63) is 72.6 Å². The highest BCUT2D eigenvalue weighted by atomic mass is 32.2. The number of nitrogens with one attached hydrogen (secondary N) is 3. The van der Waals surface area contributed by atoms with E-state index >= 15 is 0 Å². The highest BCUT2D eigenvalue weighted by Crippen LogP contribution is 2.34. The maximum absolute atomic E-state index is 13.0. The van der Waals surface area contributed by atoms with E-state index in [-0.39, 0.29) is 23.3 Å². The second-order valence-electron chi connectivity index (χ2n) is 8.13. The summed E-state index contributed by atoms with van der Waals surface area (Å²) in [5, 5.41) is 7.59. The zero-order valence-corrected chi connectivity index (χ0v) is 21.9. The first-order valence-corrected chi connectivity index (χ1v) is 13.6. The molecule has 0 radical (unpaired) electrons. The Kier molecular flexibility index (Phi) is 8.14. The molecule has 37 heavy (non-hydrogen) atoms. The fraction of sp³-hybridized carbons (Fsp3) is 0.160. The van der Waals surface area contributed by atoms with E-state index in [4.69, 9.17) is 4.74 Å². The molecule has 0 unspecified atom stereocenters. The van der Waals surface area contributed by atoms with E-state index in [1.54, 1.807) is 42.5 Å². The fourth-order valence-corrected chi connectivity index (χ4v) is 5.25. The minimum absolute atomic E-state index is 0.0795. The van der Waals surface area contributed by atoms with E-state index in [9.17, 15) is 13.2 Å². The average molecular weight is 539 g/mol. The molecule has 0 bridgehead atoms. The lowest BCUT2D eigenvalue weighted by molar-refractivity contribution is -0.111. The first kappa shape index (κ1) is 26.2. The number of hydrogen-bond acceptors (Lipinski definition) is 9. The third-order valence-electron chi connectivity index (χ3n) is 5.05. The van der Waals surface area contributed by atoms with Crippen molar-refractivity contribution >= 4 is 54.8 Å². The largest absolute Gasteiger partial charge is 0.437 e. The predicted octanol–water partition coefficient (Wildman–Crippen LogP) is 4.19. The Morgan fingerprint density at radius 3 is 2.73 bits per heavy atom. The molecule has 0 spiro atoms. The van der Waals surface area contributed by atoms with Crippen LogP contribution in [0.5, 0.6) is 11.6 Å². The third kappa shape index (κ3) is 6.68. The van der Waals surface area contributed by atoms with Crippen LogP contribution in [-0.4, -0.2) is 56.4 Å². The van der Waals surface area contributed by atoms with Crippen molar-refractivity contribution < 1.29 is 17.9 Å². The second-order valence-corrected chi connectivity index (χ2v) is 10.8. The molecule has 0 aliphatic carbocycles. The van der Waals surface area contributed by atoms with Gasteiger partial charge in [-0.1, -0.05) is 24.8 Å². The quantitative estimate of drug-likeness (QED) is 0.243. The van der Waals surface area contributed by atoms with Crippen LogP contribution in [-0.2, 0) is 14.8 Å². The van der Waals surface area contributed by atoms with E-state index in [0.717, 1.165) is 4.70 Å². The lowest BCUT2D eigenvalue weighted by Gasteiger charge is -2.15. The molecule has 4 aromatic rings. The molecule has 1 amide bonds. The Labute approximate surface area is 219 Å². The number of ether oxygens (including phenoxy) is 1. The van der Waals surface area contributed by atoms with Gasteiger partial charge in [0, 0.05) is 24.8 Å². The van der Waals surface area contributed by atoms with E-state index in [0.29, 0.717) is 35.1 Å². The van der Waals surface area contributed by atoms with Crippen LogP contribution in [0.1, 0.15) is 0 Å². The summed E-state index contributed by atoms with van der Waals surface area (Å²) in [4.78, 5) is 22.7. The maximum Gasteiger partial charge on any atom is 0.247 e. The number of fused-ring (bicyclic) bond motifs is 1. The number of benzene rings is 2. The number of carbonyl (C=O) groups is 1. The topological polar surface area (TPSA) is 126 Å². The molecule has 12 heteroatoms. The van der Waals surface area contributed by atoms with Gasteiger partial charge >= 0.3 is 0 Å². The van der Waals surface area contributed by atoms with Gasteiger partial charge in [0.1, 0.15) is 15.3 Å². The number of likely N-dealkylation sites (N-methyl/N-ethyl adjacent to an activating group) is 1. The molecule has 0 aliphatic rings. The number of anilines is 3. The molecular weight excluding hydrogens is 512 g/mol. The van der Waals surface area contributed by atoms with Crippen LogP contribution in [0.15, 0.2) is 77.5 Å². The Morgan fingerprint density at radius 1 is 1.14 bits per heavy atom. The zero-order valence-electron chi connectivity index (χ0n) is 20.3. The molecule has 4 rings (SSSR count). The van der Waals surface area contributed by atoms with Gasteiger partial charge in [-0.3, -0.25) is 4.79 Å². The van der Waals surface area contributed by atoms with Gasteiger partial charge in [-0.25, -0.2) is 18.1 Å². The van der Waals surface area contributed by atoms with E-state index in [1.807, 2.05) is 30.4 Å². The number of thiophene rings is 1. The van der Waals surface area contributed by atoms with Crippen LogP contribution >= 0.6 is 11.3 Å². The normalized spacial score (nSPS) is 11.4. The van der Waals surface area contributed by atoms with Crippen molar-refractivity contribution in [3.8, 4) is 11.6 Å². The number of nitrogens with zero attached hydrogens (tertiary/aromatic N) is 3. The maximum atomic E-state index is 13.0. The van der Waals surface area contributed by atoms with Crippen LogP contribution in [0.25, 0.3) is 10.2 Å². The molecule has 2 aromatic carbocycles. The summed E-state index contributed by atoms with van der Waals surface area (Å²) < 4.78 is 35.3. The highest BCUT2D eigenvalue weighted by Gasteiger charge is 2.20. The first-order valence-electron chi connectivity index (χ1n) is 11.2. The Bertz CT molecular complexity index is 1540. The van der Waals surface area contributed by atoms with E-state index in [2.05, 4.69) is 31.9 Å². The van der Waals surface area contributed by atoms with Gasteiger partial charge in [-0.15, -0.1) is 11.3 Å². The van der Waals surface area contributed by atoms with Crippen LogP contribution in [0, 0.1) is 0 Å². The van der Waals surface area contributed by atoms with Crippen molar-refractivity contribution in [3.63, 3.8) is 0 Å². The molecule has 10 nitrogen and oxygen atoms in total. The van der Waals surface area contributed by atoms with Gasteiger partial charge in [0.2, 0.25) is 27.8 Å². The summed E-state index contributed by atoms with van der Waals surface area (Å²) in [5.74, 6) is 0.581. The summed E-state index contributed by atoms with van der Waals surface area (Å²) in [7, 11) is -0.0395. The standard InChI is InChI=1S/C25H26N6O4S2/c1-4-22(32)27-17-8-7-9-18(16-17)35-24-23-20(12-15-36-23)29-25(30-24)28-19-10-5-6-11-21(19)37(33,34)26-13-14-31(2)3/h4-12,15-16,26H,1,13-14H2,2-3H3,(H,27,32)(H,28,29,30). The number of carbonyl (C=O) groups excluding carboxylic acids is 1. The molecular formula is C25H26N6O4S2. The second kappa shape index (κ2) is 11.5. The number of amides is 1. The lowest BCUT2D eigenvalue weighted by Crippen LogP contribution is -2.31. The summed E-state index contributed by atoms with van der Waals surface area (Å²) in [6, 6.07) is 15.2. The van der Waals surface area contributed by atoms with Crippen LogP contribution in [0.3, 0.4) is 0 Å². The van der Waals surface area contributed by atoms with Crippen LogP contribution < -0.4 is 20.1 Å². The molecule has 2 heterocycles. The smallest absolute Gasteiger partial charge is 0.247 e. The van der Waals surface area contributed by atoms with Crippen molar-refractivity contribution in [2.24, 2.45) is 0 Å². The average Bonchev–Trinajstić information content (AvgIpc) is 3.33. The number of sulfonamides is 1. The molecule has 192 valence electrons. The van der Waals surface area contributed by atoms with Gasteiger partial charge in [0.15, 0.2) is 0 Å². The summed E-state index contributed by atoms with van der Waals surface area (Å²) in [6.45, 7) is 4.28. The summed E-state index contributed by atoms with van der Waals surface area (Å²) >= 11 is 1.41. The van der Waals surface area contributed by atoms with Crippen molar-refractivity contribution in [2.45, 2.75) is 4.90 Å². The number of hydrogen-bond donors (Lipinski definition) is 3. The molecule has 2 aromatic heterocycles. The molecule has 0 fully saturated rings. The van der Waals surface area contributed by atoms with Crippen molar-refractivity contribution in [2.75, 3.05) is 37.8 Å². The summed E-state index contributed by atoms with van der Waals surface area (Å²) in [6.07, 6.45) is 1.18. The highest BCUT2D eigenvalue weighted by molar-refractivity contribution is 7.89. The molecule has 0 saturated heterocycles. The van der Waals surface area contributed by atoms with Gasteiger partial charge in [-0.05, 0) is 55.9 Å². The minimum Gasteiger partial charge on any atom is -0.437 e. The predicted molar refractivity (Wildman–Crippen MR) is 146 cm³/mol.